The van der Waals surface area contributed by atoms with Gasteiger partial charge in [0.25, 0.3) is 5.56 Å². The topological polar surface area (TPSA) is 31.2 Å². The van der Waals surface area contributed by atoms with E-state index in [2.05, 4.69) is 0 Å². The molecule has 1 heterocycles. The van der Waals surface area contributed by atoms with Crippen LogP contribution in [-0.4, -0.2) is 11.2 Å². The number of aryl methyl sites for hydroxylation is 2. The summed E-state index contributed by atoms with van der Waals surface area (Å²) in [5.74, 6) is 0.885. The summed E-state index contributed by atoms with van der Waals surface area (Å²) in [6, 6.07) is 11.1. The molecule has 0 spiro atoms. The third kappa shape index (κ3) is 4.42. The van der Waals surface area contributed by atoms with Crippen molar-refractivity contribution >= 4 is 11.6 Å². The Morgan fingerprint density at radius 2 is 1.85 bits per heavy atom. The molecule has 0 aliphatic heterocycles. The van der Waals surface area contributed by atoms with Gasteiger partial charge >= 0.3 is 0 Å². The van der Waals surface area contributed by atoms with Crippen LogP contribution in [0.4, 0.5) is 0 Å². The summed E-state index contributed by atoms with van der Waals surface area (Å²) < 4.78 is 7.27. The summed E-state index contributed by atoms with van der Waals surface area (Å²) >= 11 is 5.87. The monoisotopic (exact) mass is 291 g/mol. The maximum absolute atomic E-state index is 11.6. The summed E-state index contributed by atoms with van der Waals surface area (Å²) in [5, 5.41) is 0.584. The number of nitrogens with zero attached hydrogens (tertiary/aromatic N) is 1. The first kappa shape index (κ1) is 14.7. The molecule has 0 aliphatic carbocycles. The summed E-state index contributed by atoms with van der Waals surface area (Å²) in [7, 11) is 0. The number of benzene rings is 1. The zero-order valence-electron chi connectivity index (χ0n) is 11.5. The van der Waals surface area contributed by atoms with Gasteiger partial charge in [0.05, 0.1) is 11.6 Å². The molecule has 0 unspecified atom stereocenters. The Morgan fingerprint density at radius 1 is 1.10 bits per heavy atom. The second-order valence-corrected chi connectivity index (χ2v) is 5.18. The van der Waals surface area contributed by atoms with Crippen LogP contribution in [0.25, 0.3) is 0 Å². The average molecular weight is 292 g/mol. The van der Waals surface area contributed by atoms with E-state index in [0.29, 0.717) is 18.2 Å². The van der Waals surface area contributed by atoms with E-state index < -0.39 is 0 Å². The molecule has 4 heteroatoms. The van der Waals surface area contributed by atoms with Crippen LogP contribution < -0.4 is 10.3 Å². The molecule has 20 heavy (non-hydrogen) atoms. The average Bonchev–Trinajstić information content (AvgIpc) is 2.44. The summed E-state index contributed by atoms with van der Waals surface area (Å²) in [6.07, 6.45) is 3.45. The molecule has 106 valence electrons. The van der Waals surface area contributed by atoms with Crippen LogP contribution in [0, 0.1) is 6.92 Å². The van der Waals surface area contributed by atoms with Gasteiger partial charge in [-0.1, -0.05) is 29.3 Å². The molecule has 0 atom stereocenters. The van der Waals surface area contributed by atoms with E-state index in [-0.39, 0.29) is 5.56 Å². The Kier molecular flexibility index (Phi) is 5.24. The molecule has 3 nitrogen and oxygen atoms in total. The van der Waals surface area contributed by atoms with Crippen molar-refractivity contribution in [1.29, 1.82) is 0 Å². The molecule has 0 N–H and O–H groups in total. The number of rotatable bonds is 6. The zero-order chi connectivity index (χ0) is 14.4. The fourth-order valence-corrected chi connectivity index (χ4v) is 2.07. The molecule has 0 saturated heterocycles. The third-order valence-corrected chi connectivity index (χ3v) is 3.25. The highest BCUT2D eigenvalue weighted by Crippen LogP contribution is 2.12. The largest absolute Gasteiger partial charge is 0.494 e. The molecule has 0 aliphatic rings. The van der Waals surface area contributed by atoms with Crippen LogP contribution in [0.5, 0.6) is 5.75 Å². The van der Waals surface area contributed by atoms with Crippen LogP contribution >= 0.6 is 11.6 Å². The highest BCUT2D eigenvalue weighted by atomic mass is 35.5. The van der Waals surface area contributed by atoms with Crippen molar-refractivity contribution in [1.82, 2.24) is 4.57 Å². The molecular weight excluding hydrogens is 274 g/mol. The van der Waals surface area contributed by atoms with Gasteiger partial charge in [0.1, 0.15) is 5.75 Å². The zero-order valence-corrected chi connectivity index (χ0v) is 12.3. The van der Waals surface area contributed by atoms with Crippen molar-refractivity contribution in [3.05, 3.63) is 63.5 Å². The number of halogens is 1. The molecular formula is C16H18ClNO2. The highest BCUT2D eigenvalue weighted by Gasteiger charge is 1.98. The van der Waals surface area contributed by atoms with Gasteiger partial charge in [-0.15, -0.1) is 0 Å². The Balaban J connectivity index is 1.73. The quantitative estimate of drug-likeness (QED) is 0.761. The van der Waals surface area contributed by atoms with E-state index in [1.807, 2.05) is 31.2 Å². The molecule has 1 aromatic carbocycles. The molecule has 1 aromatic heterocycles. The number of aromatic nitrogens is 1. The van der Waals surface area contributed by atoms with E-state index in [4.69, 9.17) is 16.3 Å². The minimum absolute atomic E-state index is 0.0196. The Bertz CT molecular complexity index is 605. The van der Waals surface area contributed by atoms with Gasteiger partial charge in [-0.05, 0) is 38.0 Å². The maximum Gasteiger partial charge on any atom is 0.250 e. The number of hydrogen-bond donors (Lipinski definition) is 0. The first-order valence-corrected chi connectivity index (χ1v) is 7.08. The van der Waals surface area contributed by atoms with E-state index in [1.54, 1.807) is 16.8 Å². The third-order valence-electron chi connectivity index (χ3n) is 3.03. The molecule has 0 bridgehead atoms. The minimum Gasteiger partial charge on any atom is -0.494 e. The van der Waals surface area contributed by atoms with Crippen molar-refractivity contribution in [3.63, 3.8) is 0 Å². The molecule has 0 amide bonds. The van der Waals surface area contributed by atoms with Crippen molar-refractivity contribution < 1.29 is 4.74 Å². The number of ether oxygens (including phenoxy) is 1. The van der Waals surface area contributed by atoms with Crippen LogP contribution in [0.15, 0.2) is 47.4 Å². The first-order chi connectivity index (χ1) is 9.65. The molecule has 0 radical (unpaired) electrons. The summed E-state index contributed by atoms with van der Waals surface area (Å²) in [5.41, 5.74) is 1.20. The Hall–Kier alpha value is -1.74. The standard InChI is InChI=1S/C16H18ClNO2/c1-13-4-7-15(8-5-13)20-11-3-2-10-18-12-14(17)6-9-16(18)19/h4-9,12H,2-3,10-11H2,1H3. The Labute approximate surface area is 123 Å². The van der Waals surface area contributed by atoms with Gasteiger partial charge < -0.3 is 9.30 Å². The fourth-order valence-electron chi connectivity index (χ4n) is 1.89. The second kappa shape index (κ2) is 7.15. The lowest BCUT2D eigenvalue weighted by atomic mass is 10.2. The highest BCUT2D eigenvalue weighted by molar-refractivity contribution is 6.30. The summed E-state index contributed by atoms with van der Waals surface area (Å²) in [4.78, 5) is 11.6. The molecule has 0 fully saturated rings. The first-order valence-electron chi connectivity index (χ1n) is 6.70. The predicted octanol–water partition coefficient (Wildman–Crippen LogP) is 3.67. The molecule has 2 rings (SSSR count). The normalized spacial score (nSPS) is 10.5. The SMILES string of the molecule is Cc1ccc(OCCCCn2cc(Cl)ccc2=O)cc1. The van der Waals surface area contributed by atoms with Gasteiger partial charge in [-0.3, -0.25) is 4.79 Å². The van der Waals surface area contributed by atoms with Crippen LogP contribution in [0.2, 0.25) is 5.02 Å². The molecule has 0 saturated carbocycles. The van der Waals surface area contributed by atoms with Crippen molar-refractivity contribution in [3.8, 4) is 5.75 Å². The van der Waals surface area contributed by atoms with Gasteiger partial charge in [-0.2, -0.15) is 0 Å². The number of unbranched alkanes of at least 4 members (excludes halogenated alkanes) is 1. The van der Waals surface area contributed by atoms with Gasteiger partial charge in [0.15, 0.2) is 0 Å². The lowest BCUT2D eigenvalue weighted by Crippen LogP contribution is -2.18. The smallest absolute Gasteiger partial charge is 0.250 e. The predicted molar refractivity (Wildman–Crippen MR) is 81.6 cm³/mol. The van der Waals surface area contributed by atoms with Crippen LogP contribution in [-0.2, 0) is 6.54 Å². The second-order valence-electron chi connectivity index (χ2n) is 4.75. The lowest BCUT2D eigenvalue weighted by molar-refractivity contribution is 0.303. The summed E-state index contributed by atoms with van der Waals surface area (Å²) in [6.45, 7) is 3.36. The van der Waals surface area contributed by atoms with E-state index in [0.717, 1.165) is 18.6 Å². The van der Waals surface area contributed by atoms with Crippen LogP contribution in [0.1, 0.15) is 18.4 Å². The van der Waals surface area contributed by atoms with Gasteiger partial charge in [0, 0.05) is 18.8 Å². The Morgan fingerprint density at radius 3 is 2.60 bits per heavy atom. The maximum atomic E-state index is 11.6. The number of hydrogen-bond acceptors (Lipinski definition) is 2. The lowest BCUT2D eigenvalue weighted by Gasteiger charge is -2.08. The van der Waals surface area contributed by atoms with Crippen molar-refractivity contribution in [2.45, 2.75) is 26.3 Å². The van der Waals surface area contributed by atoms with Crippen molar-refractivity contribution in [2.75, 3.05) is 6.61 Å². The van der Waals surface area contributed by atoms with Crippen LogP contribution in [0.3, 0.4) is 0 Å². The van der Waals surface area contributed by atoms with E-state index >= 15 is 0 Å². The fraction of sp³-hybridized carbons (Fsp3) is 0.312. The molecule has 2 aromatic rings. The number of pyridine rings is 1. The minimum atomic E-state index is -0.0196. The van der Waals surface area contributed by atoms with Gasteiger partial charge in [-0.25, -0.2) is 0 Å². The van der Waals surface area contributed by atoms with Crippen molar-refractivity contribution in [2.24, 2.45) is 0 Å². The van der Waals surface area contributed by atoms with E-state index in [9.17, 15) is 4.79 Å². The van der Waals surface area contributed by atoms with E-state index in [1.165, 1.54) is 11.6 Å². The van der Waals surface area contributed by atoms with Gasteiger partial charge in [0.2, 0.25) is 0 Å².